The number of amides is 1. The molecule has 5 heteroatoms. The lowest BCUT2D eigenvalue weighted by atomic mass is 10.0. The van der Waals surface area contributed by atoms with Gasteiger partial charge in [-0.05, 0) is 38.3 Å². The van der Waals surface area contributed by atoms with Crippen LogP contribution in [0.5, 0.6) is 0 Å². The maximum Gasteiger partial charge on any atom is 0.268 e. The average molecular weight is 314 g/mol. The highest BCUT2D eigenvalue weighted by Crippen LogP contribution is 2.21. The zero-order valence-corrected chi connectivity index (χ0v) is 13.6. The van der Waals surface area contributed by atoms with E-state index in [-0.39, 0.29) is 24.3 Å². The lowest BCUT2D eigenvalue weighted by molar-refractivity contribution is 0.0924. The van der Waals surface area contributed by atoms with Gasteiger partial charge in [-0.25, -0.2) is 0 Å². The van der Waals surface area contributed by atoms with Crippen LogP contribution in [-0.4, -0.2) is 28.4 Å². The first kappa shape index (κ1) is 17.0. The summed E-state index contributed by atoms with van der Waals surface area (Å²) in [6, 6.07) is 9.23. The van der Waals surface area contributed by atoms with Crippen molar-refractivity contribution < 1.29 is 14.7 Å². The summed E-state index contributed by atoms with van der Waals surface area (Å²) < 4.78 is 0. The second-order valence-corrected chi connectivity index (χ2v) is 5.63. The van der Waals surface area contributed by atoms with Crippen LogP contribution in [-0.2, 0) is 0 Å². The number of carbonyl (C=O) groups excluding carboxylic acids is 2. The molecule has 3 N–H and O–H groups in total. The standard InChI is InChI=1S/C18H22N2O3/c1-11-16(13(3)22)12(2)19-17(11)18(23)20-15(9-10-21)14-7-5-4-6-8-14/h4-8,15,19,21H,9-10H2,1-3H3,(H,20,23). The second kappa shape index (κ2) is 7.24. The number of ketones is 1. The van der Waals surface area contributed by atoms with E-state index >= 15 is 0 Å². The van der Waals surface area contributed by atoms with Gasteiger partial charge in [0.1, 0.15) is 5.69 Å². The number of hydrogen-bond donors (Lipinski definition) is 3. The molecular weight excluding hydrogens is 292 g/mol. The fraction of sp³-hybridized carbons (Fsp3) is 0.333. The molecule has 0 fully saturated rings. The number of aliphatic hydroxyl groups excluding tert-OH is 1. The third kappa shape index (κ3) is 3.68. The molecule has 0 aliphatic rings. The van der Waals surface area contributed by atoms with Crippen LogP contribution in [0.1, 0.15) is 57.1 Å². The van der Waals surface area contributed by atoms with Crippen molar-refractivity contribution in [2.75, 3.05) is 6.61 Å². The number of benzene rings is 1. The number of H-pyrrole nitrogens is 1. The molecular formula is C18H22N2O3. The number of nitrogens with one attached hydrogen (secondary N) is 2. The number of aromatic nitrogens is 1. The number of hydrogen-bond acceptors (Lipinski definition) is 3. The Kier molecular flexibility index (Phi) is 5.34. The van der Waals surface area contributed by atoms with Crippen molar-refractivity contribution in [2.24, 2.45) is 0 Å². The maximum absolute atomic E-state index is 12.6. The Labute approximate surface area is 135 Å². The van der Waals surface area contributed by atoms with E-state index in [0.29, 0.717) is 28.9 Å². The molecule has 0 saturated heterocycles. The summed E-state index contributed by atoms with van der Waals surface area (Å²) in [4.78, 5) is 27.3. The maximum atomic E-state index is 12.6. The highest BCUT2D eigenvalue weighted by molar-refractivity contribution is 6.02. The van der Waals surface area contributed by atoms with Crippen LogP contribution in [0, 0.1) is 13.8 Å². The molecule has 1 heterocycles. The van der Waals surface area contributed by atoms with Gasteiger partial charge in [-0.2, -0.15) is 0 Å². The van der Waals surface area contributed by atoms with Crippen molar-refractivity contribution in [3.8, 4) is 0 Å². The van der Waals surface area contributed by atoms with Crippen LogP contribution >= 0.6 is 0 Å². The average Bonchev–Trinajstić information content (AvgIpc) is 2.82. The van der Waals surface area contributed by atoms with Crippen molar-refractivity contribution in [2.45, 2.75) is 33.2 Å². The van der Waals surface area contributed by atoms with Gasteiger partial charge in [0.25, 0.3) is 5.91 Å². The topological polar surface area (TPSA) is 82.2 Å². The van der Waals surface area contributed by atoms with Gasteiger partial charge < -0.3 is 15.4 Å². The first-order valence-electron chi connectivity index (χ1n) is 7.62. The Balaban J connectivity index is 2.26. The Morgan fingerprint density at radius 3 is 2.39 bits per heavy atom. The van der Waals surface area contributed by atoms with E-state index in [4.69, 9.17) is 0 Å². The SMILES string of the molecule is CC(=O)c1c(C)[nH]c(C(=O)NC(CCO)c2ccccc2)c1C. The van der Waals surface area contributed by atoms with Gasteiger partial charge in [-0.1, -0.05) is 30.3 Å². The van der Waals surface area contributed by atoms with Gasteiger partial charge in [0.05, 0.1) is 6.04 Å². The van der Waals surface area contributed by atoms with E-state index in [1.54, 1.807) is 13.8 Å². The summed E-state index contributed by atoms with van der Waals surface area (Å²) in [6.45, 7) is 5.01. The second-order valence-electron chi connectivity index (χ2n) is 5.63. The van der Waals surface area contributed by atoms with Gasteiger partial charge in [-0.15, -0.1) is 0 Å². The predicted molar refractivity (Wildman–Crippen MR) is 88.6 cm³/mol. The van der Waals surface area contributed by atoms with Crippen molar-refractivity contribution in [1.82, 2.24) is 10.3 Å². The van der Waals surface area contributed by atoms with E-state index in [0.717, 1.165) is 5.56 Å². The number of rotatable bonds is 6. The van der Waals surface area contributed by atoms with Crippen molar-refractivity contribution >= 4 is 11.7 Å². The molecule has 1 atom stereocenters. The first-order chi connectivity index (χ1) is 11.0. The number of aromatic amines is 1. The molecule has 0 saturated carbocycles. The molecule has 122 valence electrons. The molecule has 1 amide bonds. The minimum Gasteiger partial charge on any atom is -0.396 e. The molecule has 23 heavy (non-hydrogen) atoms. The van der Waals surface area contributed by atoms with E-state index in [1.165, 1.54) is 6.92 Å². The van der Waals surface area contributed by atoms with E-state index in [9.17, 15) is 14.7 Å². The molecule has 1 unspecified atom stereocenters. The molecule has 0 aliphatic heterocycles. The summed E-state index contributed by atoms with van der Waals surface area (Å²) in [5, 5.41) is 12.2. The Morgan fingerprint density at radius 2 is 1.87 bits per heavy atom. The Bertz CT molecular complexity index is 705. The largest absolute Gasteiger partial charge is 0.396 e. The summed E-state index contributed by atoms with van der Waals surface area (Å²) >= 11 is 0. The van der Waals surface area contributed by atoms with Crippen molar-refractivity contribution in [3.05, 3.63) is 58.4 Å². The lowest BCUT2D eigenvalue weighted by Crippen LogP contribution is -2.30. The summed E-state index contributed by atoms with van der Waals surface area (Å²) in [7, 11) is 0. The summed E-state index contributed by atoms with van der Waals surface area (Å²) in [5.41, 5.74) is 3.24. The molecule has 0 spiro atoms. The van der Waals surface area contributed by atoms with Gasteiger partial charge in [0.15, 0.2) is 5.78 Å². The van der Waals surface area contributed by atoms with Crippen LogP contribution in [0.2, 0.25) is 0 Å². The third-order valence-electron chi connectivity index (χ3n) is 3.94. The van der Waals surface area contributed by atoms with Gasteiger partial charge in [-0.3, -0.25) is 9.59 Å². The molecule has 2 rings (SSSR count). The van der Waals surface area contributed by atoms with E-state index < -0.39 is 0 Å². The summed E-state index contributed by atoms with van der Waals surface area (Å²) in [5.74, 6) is -0.342. The van der Waals surface area contributed by atoms with Crippen LogP contribution in [0.25, 0.3) is 0 Å². The third-order valence-corrected chi connectivity index (χ3v) is 3.94. The predicted octanol–water partition coefficient (Wildman–Crippen LogP) is 2.69. The molecule has 0 aliphatic carbocycles. The zero-order valence-electron chi connectivity index (χ0n) is 13.6. The number of aliphatic hydroxyl groups is 1. The number of Topliss-reactive ketones (excluding diaryl/α,β-unsaturated/α-hetero) is 1. The molecule has 0 bridgehead atoms. The number of aryl methyl sites for hydroxylation is 1. The van der Waals surface area contributed by atoms with Crippen LogP contribution in [0.3, 0.4) is 0 Å². The van der Waals surface area contributed by atoms with E-state index in [1.807, 2.05) is 30.3 Å². The summed E-state index contributed by atoms with van der Waals surface area (Å²) in [6.07, 6.45) is 0.425. The molecule has 0 radical (unpaired) electrons. The van der Waals surface area contributed by atoms with Gasteiger partial charge >= 0.3 is 0 Å². The van der Waals surface area contributed by atoms with Gasteiger partial charge in [0, 0.05) is 17.9 Å². The smallest absolute Gasteiger partial charge is 0.268 e. The lowest BCUT2D eigenvalue weighted by Gasteiger charge is -2.18. The Hall–Kier alpha value is -2.40. The highest BCUT2D eigenvalue weighted by atomic mass is 16.3. The number of carbonyl (C=O) groups is 2. The zero-order chi connectivity index (χ0) is 17.0. The first-order valence-corrected chi connectivity index (χ1v) is 7.62. The van der Waals surface area contributed by atoms with Crippen molar-refractivity contribution in [1.29, 1.82) is 0 Å². The fourth-order valence-corrected chi connectivity index (χ4v) is 2.87. The van der Waals surface area contributed by atoms with Gasteiger partial charge in [0.2, 0.25) is 0 Å². The molecule has 2 aromatic rings. The molecule has 5 nitrogen and oxygen atoms in total. The van der Waals surface area contributed by atoms with Crippen LogP contribution in [0.15, 0.2) is 30.3 Å². The minimum absolute atomic E-state index is 0.0265. The van der Waals surface area contributed by atoms with Crippen LogP contribution < -0.4 is 5.32 Å². The van der Waals surface area contributed by atoms with E-state index in [2.05, 4.69) is 10.3 Å². The quantitative estimate of drug-likeness (QED) is 0.717. The monoisotopic (exact) mass is 314 g/mol. The molecule has 1 aromatic carbocycles. The normalized spacial score (nSPS) is 12.0. The molecule has 1 aromatic heterocycles. The minimum atomic E-state index is -0.280. The van der Waals surface area contributed by atoms with Crippen LogP contribution in [0.4, 0.5) is 0 Å². The van der Waals surface area contributed by atoms with Crippen molar-refractivity contribution in [3.63, 3.8) is 0 Å². The Morgan fingerprint density at radius 1 is 1.22 bits per heavy atom. The highest BCUT2D eigenvalue weighted by Gasteiger charge is 2.22. The fourth-order valence-electron chi connectivity index (χ4n) is 2.87.